The van der Waals surface area contributed by atoms with Gasteiger partial charge in [0.15, 0.2) is 0 Å². The van der Waals surface area contributed by atoms with Crippen molar-refractivity contribution in [2.75, 3.05) is 17.3 Å². The minimum atomic E-state index is -4.40. The number of thioether (sulfide) groups is 1. The second-order valence-electron chi connectivity index (χ2n) is 5.39. The van der Waals surface area contributed by atoms with Crippen LogP contribution in [0, 0.1) is 0 Å². The summed E-state index contributed by atoms with van der Waals surface area (Å²) in [4.78, 5) is 15.9. The molecule has 0 aliphatic heterocycles. The van der Waals surface area contributed by atoms with E-state index in [0.717, 1.165) is 17.9 Å². The highest BCUT2D eigenvalue weighted by molar-refractivity contribution is 7.98. The van der Waals surface area contributed by atoms with E-state index in [2.05, 4.69) is 10.3 Å². The number of nitrogens with two attached hydrogens (primary N) is 1. The Labute approximate surface area is 153 Å². The van der Waals surface area contributed by atoms with Crippen molar-refractivity contribution < 1.29 is 22.7 Å². The zero-order valence-electron chi connectivity index (χ0n) is 13.9. The van der Waals surface area contributed by atoms with Gasteiger partial charge in [0.25, 0.3) is 0 Å². The minimum Gasteiger partial charge on any atom is -0.439 e. The van der Waals surface area contributed by atoms with Gasteiger partial charge in [-0.25, -0.2) is 4.98 Å². The van der Waals surface area contributed by atoms with Gasteiger partial charge in [-0.1, -0.05) is 0 Å². The summed E-state index contributed by atoms with van der Waals surface area (Å²) < 4.78 is 43.0. The van der Waals surface area contributed by atoms with Crippen LogP contribution in [-0.4, -0.2) is 28.9 Å². The van der Waals surface area contributed by atoms with Crippen LogP contribution in [-0.2, 0) is 11.0 Å². The highest BCUT2D eigenvalue weighted by Crippen LogP contribution is 2.31. The van der Waals surface area contributed by atoms with E-state index < -0.39 is 17.8 Å². The molecule has 0 radical (unpaired) electrons. The summed E-state index contributed by atoms with van der Waals surface area (Å²) in [5.41, 5.74) is 5.47. The lowest BCUT2D eigenvalue weighted by atomic mass is 10.2. The van der Waals surface area contributed by atoms with E-state index >= 15 is 0 Å². The standard InChI is InChI=1S/C17H18F3N3O2S/c1-26-9-8-14(21)16(24)23-12-4-7-15(22-10-12)25-13-5-2-11(3-6-13)17(18,19)20/h2-7,10,14H,8-9,21H2,1H3,(H,23,24)/t14-/m0/s1. The summed E-state index contributed by atoms with van der Waals surface area (Å²) in [5.74, 6) is 0.889. The van der Waals surface area contributed by atoms with Gasteiger partial charge >= 0.3 is 6.18 Å². The lowest BCUT2D eigenvalue weighted by molar-refractivity contribution is -0.137. The second-order valence-corrected chi connectivity index (χ2v) is 6.37. The SMILES string of the molecule is CSCC[C@H](N)C(=O)Nc1ccc(Oc2ccc(C(F)(F)F)cc2)nc1. The Bertz CT molecular complexity index is 722. The molecular formula is C17H18F3N3O2S. The van der Waals surface area contributed by atoms with Gasteiger partial charge in [0.05, 0.1) is 23.5 Å². The molecule has 5 nitrogen and oxygen atoms in total. The Morgan fingerprint density at radius 2 is 1.96 bits per heavy atom. The second kappa shape index (κ2) is 8.91. The first-order valence-electron chi connectivity index (χ1n) is 7.66. The number of nitrogens with one attached hydrogen (secondary N) is 1. The van der Waals surface area contributed by atoms with Crippen LogP contribution in [0.4, 0.5) is 18.9 Å². The lowest BCUT2D eigenvalue weighted by Crippen LogP contribution is -2.36. The maximum atomic E-state index is 12.5. The Hall–Kier alpha value is -2.26. The molecule has 1 aromatic heterocycles. The quantitative estimate of drug-likeness (QED) is 0.756. The molecule has 1 amide bonds. The number of carbonyl (C=O) groups excluding carboxylic acids is 1. The zero-order chi connectivity index (χ0) is 19.2. The molecule has 0 aliphatic carbocycles. The number of nitrogens with zero attached hydrogens (tertiary/aromatic N) is 1. The number of pyridine rings is 1. The van der Waals surface area contributed by atoms with Crippen LogP contribution < -0.4 is 15.8 Å². The predicted octanol–water partition coefficient (Wildman–Crippen LogP) is 3.91. The van der Waals surface area contributed by atoms with E-state index in [1.54, 1.807) is 17.8 Å². The van der Waals surface area contributed by atoms with E-state index in [1.807, 2.05) is 6.26 Å². The van der Waals surface area contributed by atoms with Crippen molar-refractivity contribution in [3.63, 3.8) is 0 Å². The van der Waals surface area contributed by atoms with Crippen LogP contribution in [0.5, 0.6) is 11.6 Å². The van der Waals surface area contributed by atoms with Crippen LogP contribution in [0.25, 0.3) is 0 Å². The largest absolute Gasteiger partial charge is 0.439 e. The van der Waals surface area contributed by atoms with Crippen LogP contribution >= 0.6 is 11.8 Å². The molecule has 26 heavy (non-hydrogen) atoms. The summed E-state index contributed by atoms with van der Waals surface area (Å²) >= 11 is 1.61. The van der Waals surface area contributed by atoms with Crippen molar-refractivity contribution in [3.8, 4) is 11.6 Å². The van der Waals surface area contributed by atoms with Crippen LogP contribution in [0.2, 0.25) is 0 Å². The average molecular weight is 385 g/mol. The summed E-state index contributed by atoms with van der Waals surface area (Å²) in [7, 11) is 0. The summed E-state index contributed by atoms with van der Waals surface area (Å²) in [5, 5.41) is 2.65. The van der Waals surface area contributed by atoms with Crippen molar-refractivity contribution in [1.29, 1.82) is 0 Å². The van der Waals surface area contributed by atoms with E-state index in [0.29, 0.717) is 12.1 Å². The maximum absolute atomic E-state index is 12.5. The highest BCUT2D eigenvalue weighted by atomic mass is 32.2. The van der Waals surface area contributed by atoms with Crippen LogP contribution in [0.3, 0.4) is 0 Å². The number of benzene rings is 1. The number of amides is 1. The highest BCUT2D eigenvalue weighted by Gasteiger charge is 2.30. The third-order valence-electron chi connectivity index (χ3n) is 3.38. The van der Waals surface area contributed by atoms with Gasteiger partial charge in [-0.2, -0.15) is 24.9 Å². The Balaban J connectivity index is 1.94. The summed E-state index contributed by atoms with van der Waals surface area (Å²) in [6.45, 7) is 0. The molecule has 1 heterocycles. The number of rotatable bonds is 7. The van der Waals surface area contributed by atoms with E-state index in [-0.39, 0.29) is 17.5 Å². The topological polar surface area (TPSA) is 77.2 Å². The smallest absolute Gasteiger partial charge is 0.416 e. The third kappa shape index (κ3) is 5.92. The van der Waals surface area contributed by atoms with Crippen LogP contribution in [0.15, 0.2) is 42.6 Å². The molecule has 1 atom stereocenters. The Morgan fingerprint density at radius 1 is 1.27 bits per heavy atom. The molecule has 0 saturated carbocycles. The van der Waals surface area contributed by atoms with Crippen molar-refractivity contribution in [1.82, 2.24) is 4.98 Å². The van der Waals surface area contributed by atoms with Gasteiger partial charge < -0.3 is 15.8 Å². The van der Waals surface area contributed by atoms with Crippen molar-refractivity contribution in [2.24, 2.45) is 5.73 Å². The van der Waals surface area contributed by atoms with Crippen molar-refractivity contribution in [3.05, 3.63) is 48.2 Å². The molecule has 0 saturated heterocycles. The molecule has 1 aromatic carbocycles. The molecule has 0 aliphatic rings. The number of aromatic nitrogens is 1. The van der Waals surface area contributed by atoms with Gasteiger partial charge in [-0.05, 0) is 48.8 Å². The number of hydrogen-bond acceptors (Lipinski definition) is 5. The van der Waals surface area contributed by atoms with Crippen LogP contribution in [0.1, 0.15) is 12.0 Å². The molecule has 0 unspecified atom stereocenters. The number of alkyl halides is 3. The van der Waals surface area contributed by atoms with Gasteiger partial charge in [-0.3, -0.25) is 4.79 Å². The molecule has 2 aromatic rings. The lowest BCUT2D eigenvalue weighted by Gasteiger charge is -2.12. The molecule has 3 N–H and O–H groups in total. The van der Waals surface area contributed by atoms with Gasteiger partial charge in [0, 0.05) is 6.07 Å². The van der Waals surface area contributed by atoms with Gasteiger partial charge in [0.1, 0.15) is 5.75 Å². The van der Waals surface area contributed by atoms with E-state index in [9.17, 15) is 18.0 Å². The Morgan fingerprint density at radius 3 is 2.50 bits per heavy atom. The molecule has 140 valence electrons. The fourth-order valence-electron chi connectivity index (χ4n) is 1.96. The Kier molecular flexibility index (Phi) is 6.87. The number of halogens is 3. The number of anilines is 1. The van der Waals surface area contributed by atoms with E-state index in [4.69, 9.17) is 10.5 Å². The third-order valence-corrected chi connectivity index (χ3v) is 4.02. The van der Waals surface area contributed by atoms with Crippen molar-refractivity contribution >= 4 is 23.4 Å². The normalized spacial score (nSPS) is 12.5. The first-order valence-corrected chi connectivity index (χ1v) is 9.05. The fourth-order valence-corrected chi connectivity index (χ4v) is 2.45. The minimum absolute atomic E-state index is 0.189. The molecule has 0 bridgehead atoms. The summed E-state index contributed by atoms with van der Waals surface area (Å²) in [6, 6.07) is 6.76. The zero-order valence-corrected chi connectivity index (χ0v) is 14.7. The predicted molar refractivity (Wildman–Crippen MR) is 95.4 cm³/mol. The fraction of sp³-hybridized carbons (Fsp3) is 0.294. The number of ether oxygens (including phenoxy) is 1. The molecule has 0 spiro atoms. The summed E-state index contributed by atoms with van der Waals surface area (Å²) in [6.07, 6.45) is -0.509. The van der Waals surface area contributed by atoms with Gasteiger partial charge in [0.2, 0.25) is 11.8 Å². The molecular weight excluding hydrogens is 367 g/mol. The van der Waals surface area contributed by atoms with E-state index in [1.165, 1.54) is 24.4 Å². The molecule has 0 fully saturated rings. The first-order chi connectivity index (χ1) is 12.3. The average Bonchev–Trinajstić information content (AvgIpc) is 2.61. The first kappa shape index (κ1) is 20.1. The number of hydrogen-bond donors (Lipinski definition) is 2. The number of carbonyl (C=O) groups is 1. The van der Waals surface area contributed by atoms with Crippen molar-refractivity contribution in [2.45, 2.75) is 18.6 Å². The monoisotopic (exact) mass is 385 g/mol. The molecule has 2 rings (SSSR count). The van der Waals surface area contributed by atoms with Gasteiger partial charge in [-0.15, -0.1) is 0 Å². The molecule has 9 heteroatoms. The maximum Gasteiger partial charge on any atom is 0.416 e.